The molecule has 0 saturated heterocycles. The average Bonchev–Trinajstić information content (AvgIpc) is 3.04. The van der Waals surface area contributed by atoms with Crippen molar-refractivity contribution in [3.63, 3.8) is 0 Å². The van der Waals surface area contributed by atoms with Crippen LogP contribution in [0.2, 0.25) is 0 Å². The van der Waals surface area contributed by atoms with Crippen molar-refractivity contribution in [2.45, 2.75) is 20.4 Å². The molecule has 2 N–H and O–H groups in total. The molecule has 0 unspecified atom stereocenters. The Balaban J connectivity index is 2.20. The highest BCUT2D eigenvalue weighted by Crippen LogP contribution is 2.27. The van der Waals surface area contributed by atoms with Crippen molar-refractivity contribution in [2.75, 3.05) is 5.32 Å². The first kappa shape index (κ1) is 15.8. The van der Waals surface area contributed by atoms with Gasteiger partial charge in [0.25, 0.3) is 11.5 Å². The second kappa shape index (κ2) is 6.19. The minimum Gasteiger partial charge on any atom is -0.506 e. The van der Waals surface area contributed by atoms with E-state index in [0.717, 1.165) is 0 Å². The molecule has 2 aromatic heterocycles. The number of aromatic nitrogens is 2. The van der Waals surface area contributed by atoms with E-state index < -0.39 is 11.5 Å². The Hall–Kier alpha value is -3.09. The number of rotatable bonds is 4. The van der Waals surface area contributed by atoms with Gasteiger partial charge in [-0.3, -0.25) is 9.59 Å². The van der Waals surface area contributed by atoms with Crippen LogP contribution in [0.5, 0.6) is 5.75 Å². The molecular weight excluding hydrogens is 310 g/mol. The van der Waals surface area contributed by atoms with E-state index in [2.05, 4.69) is 15.0 Å². The number of benzene rings is 1. The third-order valence-corrected chi connectivity index (χ3v) is 3.60. The van der Waals surface area contributed by atoms with Crippen LogP contribution < -0.4 is 10.9 Å². The maximum atomic E-state index is 12.8. The molecule has 0 spiro atoms. The molecule has 0 radical (unpaired) electrons. The highest BCUT2D eigenvalue weighted by atomic mass is 16.5. The van der Waals surface area contributed by atoms with Gasteiger partial charge in [-0.15, -0.1) is 0 Å². The van der Waals surface area contributed by atoms with Crippen molar-refractivity contribution < 1.29 is 14.4 Å². The van der Waals surface area contributed by atoms with Crippen LogP contribution >= 0.6 is 0 Å². The van der Waals surface area contributed by atoms with Gasteiger partial charge in [0.2, 0.25) is 0 Å². The Kier molecular flexibility index (Phi) is 4.07. The molecule has 0 aliphatic carbocycles. The maximum absolute atomic E-state index is 12.8. The topological polar surface area (TPSA) is 97.4 Å². The van der Waals surface area contributed by atoms with E-state index >= 15 is 0 Å². The molecular formula is C17H17N3O4. The fourth-order valence-corrected chi connectivity index (χ4v) is 2.60. The number of para-hydroxylation sites is 1. The number of aromatic hydroxyl groups is 1. The minimum atomic E-state index is -0.727. The van der Waals surface area contributed by atoms with Crippen molar-refractivity contribution in [1.29, 1.82) is 0 Å². The first-order chi connectivity index (χ1) is 11.5. The quantitative estimate of drug-likeness (QED) is 0.767. The van der Waals surface area contributed by atoms with Crippen LogP contribution in [0, 0.1) is 5.92 Å². The van der Waals surface area contributed by atoms with Crippen molar-refractivity contribution in [3.8, 4) is 5.75 Å². The van der Waals surface area contributed by atoms with Gasteiger partial charge in [0.1, 0.15) is 17.6 Å². The lowest BCUT2D eigenvalue weighted by Gasteiger charge is -2.16. The van der Waals surface area contributed by atoms with Crippen LogP contribution in [0.4, 0.5) is 5.82 Å². The Morgan fingerprint density at radius 2 is 2.08 bits per heavy atom. The number of hydrogen-bond donors (Lipinski definition) is 2. The maximum Gasteiger partial charge on any atom is 0.267 e. The molecule has 1 aromatic carbocycles. The summed E-state index contributed by atoms with van der Waals surface area (Å²) in [6.07, 6.45) is 1.30. The molecule has 7 nitrogen and oxygen atoms in total. The lowest BCUT2D eigenvalue weighted by Crippen LogP contribution is -2.31. The normalized spacial score (nSPS) is 11.1. The largest absolute Gasteiger partial charge is 0.506 e. The van der Waals surface area contributed by atoms with Crippen LogP contribution in [0.1, 0.15) is 24.2 Å². The van der Waals surface area contributed by atoms with Crippen LogP contribution in [-0.4, -0.2) is 20.7 Å². The number of carbonyl (C=O) groups excluding carboxylic acids is 1. The van der Waals surface area contributed by atoms with E-state index in [1.165, 1.54) is 16.9 Å². The Morgan fingerprint density at radius 3 is 2.75 bits per heavy atom. The predicted molar refractivity (Wildman–Crippen MR) is 89.2 cm³/mol. The van der Waals surface area contributed by atoms with E-state index in [1.807, 2.05) is 13.8 Å². The molecule has 24 heavy (non-hydrogen) atoms. The predicted octanol–water partition coefficient (Wildman–Crippen LogP) is 2.60. The first-order valence-corrected chi connectivity index (χ1v) is 7.55. The molecule has 124 valence electrons. The zero-order valence-electron chi connectivity index (χ0n) is 13.3. The number of amides is 1. The number of nitrogens with zero attached hydrogens (tertiary/aromatic N) is 2. The molecule has 3 rings (SSSR count). The summed E-state index contributed by atoms with van der Waals surface area (Å²) in [5, 5.41) is 16.9. The zero-order chi connectivity index (χ0) is 17.3. The number of anilines is 1. The summed E-state index contributed by atoms with van der Waals surface area (Å²) >= 11 is 0. The summed E-state index contributed by atoms with van der Waals surface area (Å²) in [4.78, 5) is 25.3. The number of carbonyl (C=O) groups is 1. The van der Waals surface area contributed by atoms with Gasteiger partial charge in [-0.25, -0.2) is 0 Å². The molecule has 0 bridgehead atoms. The van der Waals surface area contributed by atoms with E-state index in [-0.39, 0.29) is 23.0 Å². The average molecular weight is 327 g/mol. The van der Waals surface area contributed by atoms with Crippen LogP contribution in [0.3, 0.4) is 0 Å². The van der Waals surface area contributed by atoms with Crippen molar-refractivity contribution in [2.24, 2.45) is 5.92 Å². The van der Waals surface area contributed by atoms with Crippen molar-refractivity contribution in [3.05, 3.63) is 52.5 Å². The second-order valence-corrected chi connectivity index (χ2v) is 5.89. The van der Waals surface area contributed by atoms with E-state index in [0.29, 0.717) is 17.4 Å². The Morgan fingerprint density at radius 1 is 1.33 bits per heavy atom. The van der Waals surface area contributed by atoms with Gasteiger partial charge in [0, 0.05) is 18.0 Å². The van der Waals surface area contributed by atoms with Gasteiger partial charge in [-0.1, -0.05) is 31.1 Å². The molecule has 0 saturated carbocycles. The molecule has 1 amide bonds. The minimum absolute atomic E-state index is 0.169. The molecule has 7 heteroatoms. The zero-order valence-corrected chi connectivity index (χ0v) is 13.3. The lowest BCUT2D eigenvalue weighted by molar-refractivity contribution is 0.102. The Labute approximate surface area is 137 Å². The number of nitrogens with one attached hydrogen (secondary N) is 1. The van der Waals surface area contributed by atoms with Crippen LogP contribution in [0.25, 0.3) is 10.9 Å². The van der Waals surface area contributed by atoms with Gasteiger partial charge in [0.15, 0.2) is 5.82 Å². The summed E-state index contributed by atoms with van der Waals surface area (Å²) in [5.41, 5.74) is -0.259. The smallest absolute Gasteiger partial charge is 0.267 e. The second-order valence-electron chi connectivity index (χ2n) is 5.89. The van der Waals surface area contributed by atoms with Gasteiger partial charge < -0.3 is 19.5 Å². The third kappa shape index (κ3) is 2.76. The number of fused-ring (bicyclic) bond motifs is 1. The Bertz CT molecular complexity index is 942. The van der Waals surface area contributed by atoms with E-state index in [4.69, 9.17) is 0 Å². The van der Waals surface area contributed by atoms with Crippen molar-refractivity contribution >= 4 is 22.6 Å². The highest BCUT2D eigenvalue weighted by Gasteiger charge is 2.23. The first-order valence-electron chi connectivity index (χ1n) is 7.55. The van der Waals surface area contributed by atoms with Crippen LogP contribution in [0.15, 0.2) is 45.9 Å². The third-order valence-electron chi connectivity index (χ3n) is 3.60. The fourth-order valence-electron chi connectivity index (χ4n) is 2.60. The molecule has 0 aliphatic heterocycles. The fraction of sp³-hybridized carbons (Fsp3) is 0.235. The number of pyridine rings is 1. The summed E-state index contributed by atoms with van der Waals surface area (Å²) < 4.78 is 6.16. The van der Waals surface area contributed by atoms with Crippen molar-refractivity contribution in [1.82, 2.24) is 9.72 Å². The van der Waals surface area contributed by atoms with E-state index in [1.54, 1.807) is 24.3 Å². The lowest BCUT2D eigenvalue weighted by atomic mass is 10.1. The summed E-state index contributed by atoms with van der Waals surface area (Å²) in [6.45, 7) is 4.39. The standard InChI is InChI=1S/C17H17N3O4/c1-10(2)9-20-12-6-4-3-5-11(12)15(21)14(17(20)23)16(22)18-13-7-8-24-19-13/h3-8,10,21H,9H2,1-2H3,(H,18,19,22). The monoisotopic (exact) mass is 327 g/mol. The summed E-state index contributed by atoms with van der Waals surface area (Å²) in [5.74, 6) is -0.698. The highest BCUT2D eigenvalue weighted by molar-refractivity contribution is 6.08. The van der Waals surface area contributed by atoms with Gasteiger partial charge in [-0.05, 0) is 18.1 Å². The SMILES string of the molecule is CC(C)Cn1c(=O)c(C(=O)Nc2ccon2)c(O)c2ccccc21. The molecule has 3 aromatic rings. The van der Waals surface area contributed by atoms with Gasteiger partial charge in [0.05, 0.1) is 5.52 Å². The van der Waals surface area contributed by atoms with E-state index in [9.17, 15) is 14.7 Å². The summed E-state index contributed by atoms with van der Waals surface area (Å²) in [6, 6.07) is 8.40. The molecule has 2 heterocycles. The molecule has 0 atom stereocenters. The number of hydrogen-bond acceptors (Lipinski definition) is 5. The van der Waals surface area contributed by atoms with Gasteiger partial charge >= 0.3 is 0 Å². The summed E-state index contributed by atoms with van der Waals surface area (Å²) in [7, 11) is 0. The van der Waals surface area contributed by atoms with Gasteiger partial charge in [-0.2, -0.15) is 0 Å². The molecule has 0 aliphatic rings. The molecule has 0 fully saturated rings. The van der Waals surface area contributed by atoms with Crippen LogP contribution in [-0.2, 0) is 6.54 Å².